The van der Waals surface area contributed by atoms with Crippen molar-refractivity contribution >= 4 is 46.0 Å². The second-order valence-electron chi connectivity index (χ2n) is 7.80. The number of aryl methyl sites for hydroxylation is 1. The third kappa shape index (κ3) is 4.45. The average Bonchev–Trinajstić information content (AvgIpc) is 3.33. The molecule has 32 heavy (non-hydrogen) atoms. The molecule has 1 aromatic heterocycles. The Hall–Kier alpha value is -3.39. The first-order chi connectivity index (χ1) is 15.3. The van der Waals surface area contributed by atoms with Crippen LogP contribution in [-0.4, -0.2) is 46.1 Å². The third-order valence-electron chi connectivity index (χ3n) is 5.62. The maximum atomic E-state index is 14.2. The van der Waals surface area contributed by atoms with Gasteiger partial charge in [0.05, 0.1) is 23.8 Å². The van der Waals surface area contributed by atoms with E-state index in [2.05, 4.69) is 5.32 Å². The first-order valence-corrected chi connectivity index (χ1v) is 10.6. The second kappa shape index (κ2) is 9.00. The van der Waals surface area contributed by atoms with E-state index < -0.39 is 24.3 Å². The van der Waals surface area contributed by atoms with Crippen molar-refractivity contribution in [1.29, 1.82) is 0 Å². The lowest BCUT2D eigenvalue weighted by atomic mass is 10.0. The summed E-state index contributed by atoms with van der Waals surface area (Å²) in [6.45, 7) is -0.173. The van der Waals surface area contributed by atoms with Gasteiger partial charge in [-0.15, -0.1) is 0 Å². The van der Waals surface area contributed by atoms with Crippen LogP contribution >= 0.6 is 11.6 Å². The molecular weight excluding hydrogens is 435 g/mol. The molecule has 7 nitrogen and oxygen atoms in total. The van der Waals surface area contributed by atoms with Gasteiger partial charge in [0.25, 0.3) is 0 Å². The van der Waals surface area contributed by atoms with Gasteiger partial charge < -0.3 is 16.0 Å². The molecule has 1 aliphatic heterocycles. The Labute approximate surface area is 188 Å². The van der Waals surface area contributed by atoms with Crippen molar-refractivity contribution in [2.75, 3.05) is 11.9 Å². The molecule has 0 saturated carbocycles. The van der Waals surface area contributed by atoms with E-state index in [1.165, 1.54) is 15.7 Å². The number of likely N-dealkylation sites (tertiary alicyclic amines) is 1. The van der Waals surface area contributed by atoms with Gasteiger partial charge in [-0.2, -0.15) is 0 Å². The Bertz CT molecular complexity index is 1190. The van der Waals surface area contributed by atoms with Gasteiger partial charge in [-0.25, -0.2) is 14.0 Å². The molecule has 2 aromatic carbocycles. The summed E-state index contributed by atoms with van der Waals surface area (Å²) in [5, 5.41) is 3.90. The number of nitrogens with one attached hydrogen (secondary N) is 1. The Balaban J connectivity index is 1.49. The second-order valence-corrected chi connectivity index (χ2v) is 8.23. The maximum absolute atomic E-state index is 14.2. The summed E-state index contributed by atoms with van der Waals surface area (Å²) < 4.78 is 15.4. The summed E-state index contributed by atoms with van der Waals surface area (Å²) in [5.41, 5.74) is 7.21. The van der Waals surface area contributed by atoms with Crippen LogP contribution in [0, 0.1) is 0 Å². The largest absolute Gasteiger partial charge is 0.351 e. The number of nitrogens with zero attached hydrogens (tertiary/aromatic N) is 2. The number of ketones is 1. The minimum Gasteiger partial charge on any atom is -0.351 e. The van der Waals surface area contributed by atoms with Crippen molar-refractivity contribution in [1.82, 2.24) is 9.47 Å². The number of rotatable bonds is 5. The zero-order chi connectivity index (χ0) is 22.8. The fourth-order valence-electron chi connectivity index (χ4n) is 4.09. The lowest BCUT2D eigenvalue weighted by Gasteiger charge is -2.23. The number of alkyl halides is 1. The van der Waals surface area contributed by atoms with Gasteiger partial charge in [-0.05, 0) is 30.2 Å². The molecule has 4 rings (SSSR count). The van der Waals surface area contributed by atoms with Crippen LogP contribution < -0.4 is 11.1 Å². The van der Waals surface area contributed by atoms with Crippen LogP contribution in [0.15, 0.2) is 54.7 Å². The molecule has 0 radical (unpaired) electrons. The predicted molar refractivity (Wildman–Crippen MR) is 121 cm³/mol. The lowest BCUT2D eigenvalue weighted by molar-refractivity contribution is -0.122. The Kier molecular flexibility index (Phi) is 6.14. The summed E-state index contributed by atoms with van der Waals surface area (Å²) in [5.74, 6) is -0.208. The van der Waals surface area contributed by atoms with Crippen LogP contribution in [0.5, 0.6) is 0 Å². The van der Waals surface area contributed by atoms with Crippen molar-refractivity contribution in [3.63, 3.8) is 0 Å². The molecule has 166 valence electrons. The van der Waals surface area contributed by atoms with E-state index in [0.29, 0.717) is 28.0 Å². The van der Waals surface area contributed by atoms with E-state index in [1.807, 2.05) is 6.07 Å². The smallest absolute Gasteiger partial charge is 0.323 e. The number of amides is 3. The number of urea groups is 1. The molecule has 2 heterocycles. The van der Waals surface area contributed by atoms with Gasteiger partial charge in [-0.3, -0.25) is 9.36 Å². The van der Waals surface area contributed by atoms with Crippen molar-refractivity contribution in [3.8, 4) is 0 Å². The van der Waals surface area contributed by atoms with Crippen LogP contribution in [-0.2, 0) is 11.2 Å². The fraction of sp³-hybridized carbons (Fsp3) is 0.261. The average molecular weight is 457 g/mol. The Morgan fingerprint density at radius 3 is 2.69 bits per heavy atom. The highest BCUT2D eigenvalue weighted by Crippen LogP contribution is 2.28. The van der Waals surface area contributed by atoms with Gasteiger partial charge in [0.1, 0.15) is 6.17 Å². The fourth-order valence-corrected chi connectivity index (χ4v) is 4.30. The molecule has 1 fully saturated rings. The highest BCUT2D eigenvalue weighted by molar-refractivity contribution is 6.30. The van der Waals surface area contributed by atoms with Gasteiger partial charge in [0, 0.05) is 29.4 Å². The van der Waals surface area contributed by atoms with Crippen LogP contribution in [0.2, 0.25) is 5.02 Å². The van der Waals surface area contributed by atoms with Crippen LogP contribution in [0.1, 0.15) is 18.4 Å². The van der Waals surface area contributed by atoms with Crippen molar-refractivity contribution in [2.45, 2.75) is 31.5 Å². The van der Waals surface area contributed by atoms with E-state index in [0.717, 1.165) is 5.56 Å². The van der Waals surface area contributed by atoms with E-state index in [1.54, 1.807) is 42.5 Å². The number of hydrogen-bond acceptors (Lipinski definition) is 3. The molecule has 0 bridgehead atoms. The number of para-hydroxylation sites is 1. The van der Waals surface area contributed by atoms with Crippen molar-refractivity contribution in [2.24, 2.45) is 5.73 Å². The zero-order valence-corrected chi connectivity index (χ0v) is 17.9. The molecule has 3 aromatic rings. The number of carbonyl (C=O) groups excluding carboxylic acids is 3. The molecule has 0 unspecified atom stereocenters. The lowest BCUT2D eigenvalue weighted by Crippen LogP contribution is -2.43. The highest BCUT2D eigenvalue weighted by atomic mass is 35.5. The molecule has 3 N–H and O–H groups in total. The SMILES string of the molecule is NC(=O)n1cc(NC(=O)N2C[C@H](F)C[C@H]2C(=O)CCc2cccc(Cl)c2)c2ccccc21. The van der Waals surface area contributed by atoms with E-state index >= 15 is 0 Å². The van der Waals surface area contributed by atoms with Crippen molar-refractivity contribution < 1.29 is 18.8 Å². The summed E-state index contributed by atoms with van der Waals surface area (Å²) in [7, 11) is 0. The summed E-state index contributed by atoms with van der Waals surface area (Å²) >= 11 is 5.98. The number of halogens is 2. The van der Waals surface area contributed by atoms with E-state index in [-0.39, 0.29) is 25.2 Å². The molecule has 1 saturated heterocycles. The normalized spacial score (nSPS) is 18.1. The minimum absolute atomic E-state index is 0.0369. The molecule has 0 aliphatic carbocycles. The van der Waals surface area contributed by atoms with Gasteiger partial charge >= 0.3 is 12.1 Å². The standard InChI is InChI=1S/C23H22ClFN4O3/c24-15-5-3-4-14(10-15)8-9-21(30)20-11-16(25)12-29(20)23(32)27-18-13-28(22(26)31)19-7-2-1-6-17(18)19/h1-7,10,13,16,20H,8-9,11-12H2,(H2,26,31)(H,27,32)/t16-,20+/m1/s1. The van der Waals surface area contributed by atoms with E-state index in [4.69, 9.17) is 17.3 Å². The number of nitrogens with two attached hydrogens (primary N) is 1. The number of hydrogen-bond donors (Lipinski definition) is 2. The zero-order valence-electron chi connectivity index (χ0n) is 17.1. The first-order valence-electron chi connectivity index (χ1n) is 10.2. The molecule has 1 aliphatic rings. The molecule has 3 amide bonds. The summed E-state index contributed by atoms with van der Waals surface area (Å²) in [4.78, 5) is 38.8. The number of carbonyl (C=O) groups is 3. The number of Topliss-reactive ketones (excluding diaryl/α,β-unsaturated/α-hetero) is 1. The molecule has 9 heteroatoms. The number of anilines is 1. The Morgan fingerprint density at radius 1 is 1.16 bits per heavy atom. The molecule has 2 atom stereocenters. The monoisotopic (exact) mass is 456 g/mol. The first kappa shape index (κ1) is 21.8. The third-order valence-corrected chi connectivity index (χ3v) is 5.86. The predicted octanol–water partition coefficient (Wildman–Crippen LogP) is 4.37. The number of benzene rings is 2. The van der Waals surface area contributed by atoms with Crippen LogP contribution in [0.3, 0.4) is 0 Å². The Morgan fingerprint density at radius 2 is 1.94 bits per heavy atom. The maximum Gasteiger partial charge on any atom is 0.323 e. The number of aromatic nitrogens is 1. The quantitative estimate of drug-likeness (QED) is 0.596. The van der Waals surface area contributed by atoms with Gasteiger partial charge in [0.2, 0.25) is 0 Å². The highest BCUT2D eigenvalue weighted by Gasteiger charge is 2.39. The topological polar surface area (TPSA) is 97.4 Å². The minimum atomic E-state index is -1.28. The summed E-state index contributed by atoms with van der Waals surface area (Å²) in [6, 6.07) is 12.0. The van der Waals surface area contributed by atoms with Gasteiger partial charge in [0.15, 0.2) is 5.78 Å². The van der Waals surface area contributed by atoms with Crippen LogP contribution in [0.4, 0.5) is 19.7 Å². The number of primary amides is 1. The number of fused-ring (bicyclic) bond motifs is 1. The van der Waals surface area contributed by atoms with Gasteiger partial charge in [-0.1, -0.05) is 41.9 Å². The summed E-state index contributed by atoms with van der Waals surface area (Å²) in [6.07, 6.45) is 0.721. The molecular formula is C23H22ClFN4O3. The van der Waals surface area contributed by atoms with Crippen LogP contribution in [0.25, 0.3) is 10.9 Å². The van der Waals surface area contributed by atoms with E-state index in [9.17, 15) is 18.8 Å². The van der Waals surface area contributed by atoms with Crippen molar-refractivity contribution in [3.05, 3.63) is 65.3 Å². The molecule has 0 spiro atoms.